The molecule has 1 aliphatic heterocycles. The molecule has 0 radical (unpaired) electrons. The second-order valence-corrected chi connectivity index (χ2v) is 14.7. The van der Waals surface area contributed by atoms with E-state index in [1.807, 2.05) is 36.0 Å². The monoisotopic (exact) mass is 660 g/mol. The summed E-state index contributed by atoms with van der Waals surface area (Å²) in [7, 11) is 0. The molecule has 0 amide bonds. The molecule has 2 nitrogen and oxygen atoms in total. The zero-order chi connectivity index (χ0) is 32.4. The SMILES string of the molecule is c1ccc(-c2cc(-c3ccc(-c4ccc5c(c4)C4(c6ccccc6S5)c5ccccc5-c5ccccc54)s3)nc(-c3ccccc3)n2)cc1. The highest BCUT2D eigenvalue weighted by atomic mass is 32.2. The van der Waals surface area contributed by atoms with Gasteiger partial charge in [-0.05, 0) is 75.3 Å². The fourth-order valence-corrected chi connectivity index (χ4v) is 9.82. The topological polar surface area (TPSA) is 25.8 Å². The maximum atomic E-state index is 5.11. The molecule has 0 saturated heterocycles. The van der Waals surface area contributed by atoms with Crippen LogP contribution in [0.2, 0.25) is 0 Å². The molecular formula is C45H28N2S2. The van der Waals surface area contributed by atoms with Gasteiger partial charge < -0.3 is 0 Å². The van der Waals surface area contributed by atoms with Gasteiger partial charge in [0.05, 0.1) is 21.7 Å². The van der Waals surface area contributed by atoms with Crippen LogP contribution in [-0.4, -0.2) is 9.97 Å². The summed E-state index contributed by atoms with van der Waals surface area (Å²) >= 11 is 3.67. The average molecular weight is 661 g/mol. The van der Waals surface area contributed by atoms with Gasteiger partial charge in [-0.2, -0.15) is 0 Å². The van der Waals surface area contributed by atoms with E-state index in [9.17, 15) is 0 Å². The van der Waals surface area contributed by atoms with Gasteiger partial charge in [0.2, 0.25) is 0 Å². The number of nitrogens with zero attached hydrogens (tertiary/aromatic N) is 2. The number of rotatable bonds is 4. The Balaban J connectivity index is 1.14. The zero-order valence-corrected chi connectivity index (χ0v) is 28.0. The van der Waals surface area contributed by atoms with Crippen molar-refractivity contribution in [2.24, 2.45) is 0 Å². The third-order valence-electron chi connectivity index (χ3n) is 9.82. The lowest BCUT2D eigenvalue weighted by atomic mass is 9.67. The molecule has 0 N–H and O–H groups in total. The standard InChI is InChI=1S/C45H28N2S2/c1-3-13-29(14-4-1)38-28-39(47-44(46-38)30-15-5-2-6-16-30)43-26-25-40(48-43)31-23-24-42-37(27-31)45(36-21-11-12-22-41(36)49-42)34-19-9-7-17-32(34)33-18-8-10-20-35(33)45/h1-28H. The van der Waals surface area contributed by atoms with E-state index in [0.29, 0.717) is 0 Å². The van der Waals surface area contributed by atoms with E-state index < -0.39 is 0 Å². The van der Waals surface area contributed by atoms with E-state index in [4.69, 9.17) is 9.97 Å². The summed E-state index contributed by atoms with van der Waals surface area (Å²) in [6, 6.07) is 61.3. The van der Waals surface area contributed by atoms with E-state index in [-0.39, 0.29) is 5.41 Å². The predicted octanol–water partition coefficient (Wildman–Crippen LogP) is 12.0. The van der Waals surface area contributed by atoms with E-state index in [1.54, 1.807) is 11.3 Å². The van der Waals surface area contributed by atoms with E-state index in [1.165, 1.54) is 53.6 Å². The highest BCUT2D eigenvalue weighted by molar-refractivity contribution is 7.99. The second-order valence-electron chi connectivity index (χ2n) is 12.5. The molecule has 8 aromatic rings. The van der Waals surface area contributed by atoms with Crippen LogP contribution in [0.4, 0.5) is 0 Å². The maximum Gasteiger partial charge on any atom is 0.160 e. The Kier molecular flexibility index (Phi) is 6.55. The molecule has 0 atom stereocenters. The third kappa shape index (κ3) is 4.41. The highest BCUT2D eigenvalue weighted by Gasteiger charge is 2.50. The first kappa shape index (κ1) is 28.5. The predicted molar refractivity (Wildman–Crippen MR) is 203 cm³/mol. The van der Waals surface area contributed by atoms with Crippen LogP contribution in [0.1, 0.15) is 22.3 Å². The Hall–Kier alpha value is -5.55. The minimum absolute atomic E-state index is 0.387. The Morgan fingerprint density at radius 1 is 0.388 bits per heavy atom. The summed E-state index contributed by atoms with van der Waals surface area (Å²) in [5.41, 5.74) is 12.8. The van der Waals surface area contributed by atoms with Crippen LogP contribution in [0.15, 0.2) is 180 Å². The fraction of sp³-hybridized carbons (Fsp3) is 0.0222. The van der Waals surface area contributed by atoms with Gasteiger partial charge >= 0.3 is 0 Å². The summed E-state index contributed by atoms with van der Waals surface area (Å²) in [5, 5.41) is 0. The van der Waals surface area contributed by atoms with E-state index in [0.717, 1.165) is 33.2 Å². The molecule has 0 saturated carbocycles. The van der Waals surface area contributed by atoms with Crippen molar-refractivity contribution < 1.29 is 0 Å². The van der Waals surface area contributed by atoms with Gasteiger partial charge in [0.15, 0.2) is 5.82 Å². The van der Waals surface area contributed by atoms with Crippen molar-refractivity contribution in [1.82, 2.24) is 9.97 Å². The molecule has 0 bridgehead atoms. The third-order valence-corrected chi connectivity index (χ3v) is 12.1. The van der Waals surface area contributed by atoms with Crippen LogP contribution < -0.4 is 0 Å². The van der Waals surface area contributed by atoms with Gasteiger partial charge in [-0.15, -0.1) is 11.3 Å². The Bertz CT molecular complexity index is 2430. The molecule has 4 heteroatoms. The number of hydrogen-bond acceptors (Lipinski definition) is 4. The molecule has 0 fully saturated rings. The minimum atomic E-state index is -0.387. The summed E-state index contributed by atoms with van der Waals surface area (Å²) in [6.45, 7) is 0. The Morgan fingerprint density at radius 2 is 0.959 bits per heavy atom. The van der Waals surface area contributed by atoms with Gasteiger partial charge in [-0.3, -0.25) is 0 Å². The molecule has 1 spiro atoms. The van der Waals surface area contributed by atoms with Crippen LogP contribution in [0.25, 0.3) is 54.8 Å². The maximum absolute atomic E-state index is 5.11. The lowest BCUT2D eigenvalue weighted by molar-refractivity contribution is 0.723. The first-order valence-electron chi connectivity index (χ1n) is 16.5. The van der Waals surface area contributed by atoms with Crippen molar-refractivity contribution >= 4 is 23.1 Å². The number of hydrogen-bond donors (Lipinski definition) is 0. The number of fused-ring (bicyclic) bond motifs is 9. The minimum Gasteiger partial charge on any atom is -0.228 e. The molecule has 230 valence electrons. The fourth-order valence-electron chi connectivity index (χ4n) is 7.69. The van der Waals surface area contributed by atoms with Gasteiger partial charge in [-0.1, -0.05) is 145 Å². The molecule has 6 aromatic carbocycles. The summed E-state index contributed by atoms with van der Waals surface area (Å²) < 4.78 is 0. The van der Waals surface area contributed by atoms with Gasteiger partial charge in [0.1, 0.15) is 0 Å². The van der Waals surface area contributed by atoms with Crippen molar-refractivity contribution in [2.75, 3.05) is 0 Å². The molecule has 2 aromatic heterocycles. The van der Waals surface area contributed by atoms with Crippen LogP contribution >= 0.6 is 23.1 Å². The Morgan fingerprint density at radius 3 is 1.69 bits per heavy atom. The molecular weight excluding hydrogens is 633 g/mol. The van der Waals surface area contributed by atoms with Crippen molar-refractivity contribution in [2.45, 2.75) is 15.2 Å². The summed E-state index contributed by atoms with van der Waals surface area (Å²) in [6.07, 6.45) is 0. The van der Waals surface area contributed by atoms with Crippen molar-refractivity contribution in [3.05, 3.63) is 192 Å². The normalized spacial score (nSPS) is 13.4. The van der Waals surface area contributed by atoms with Gasteiger partial charge in [0.25, 0.3) is 0 Å². The lowest BCUT2D eigenvalue weighted by Gasteiger charge is -2.39. The molecule has 10 rings (SSSR count). The van der Waals surface area contributed by atoms with Crippen molar-refractivity contribution in [3.63, 3.8) is 0 Å². The van der Waals surface area contributed by atoms with E-state index in [2.05, 4.69) is 146 Å². The number of thiophene rings is 1. The highest BCUT2D eigenvalue weighted by Crippen LogP contribution is 2.62. The number of aromatic nitrogens is 2. The van der Waals surface area contributed by atoms with Crippen molar-refractivity contribution in [1.29, 1.82) is 0 Å². The quantitative estimate of drug-likeness (QED) is 0.188. The van der Waals surface area contributed by atoms with Gasteiger partial charge in [-0.25, -0.2) is 9.97 Å². The zero-order valence-electron chi connectivity index (χ0n) is 26.4. The van der Waals surface area contributed by atoms with Crippen LogP contribution in [0, 0.1) is 0 Å². The van der Waals surface area contributed by atoms with Crippen LogP contribution in [0.3, 0.4) is 0 Å². The smallest absolute Gasteiger partial charge is 0.160 e. The summed E-state index contributed by atoms with van der Waals surface area (Å²) in [5.74, 6) is 0.733. The van der Waals surface area contributed by atoms with Crippen molar-refractivity contribution in [3.8, 4) is 54.8 Å². The Labute approximate surface area is 293 Å². The number of benzene rings is 6. The molecule has 3 heterocycles. The summed E-state index contributed by atoms with van der Waals surface area (Å²) in [4.78, 5) is 15.1. The first-order chi connectivity index (χ1) is 24.3. The average Bonchev–Trinajstić information content (AvgIpc) is 3.79. The lowest BCUT2D eigenvalue weighted by Crippen LogP contribution is -2.32. The van der Waals surface area contributed by atoms with Crippen LogP contribution in [-0.2, 0) is 5.41 Å². The molecule has 2 aliphatic rings. The van der Waals surface area contributed by atoms with Crippen LogP contribution in [0.5, 0.6) is 0 Å². The molecule has 1 aliphatic carbocycles. The van der Waals surface area contributed by atoms with E-state index >= 15 is 0 Å². The largest absolute Gasteiger partial charge is 0.228 e. The van der Waals surface area contributed by atoms with Gasteiger partial charge in [0, 0.05) is 25.8 Å². The second kappa shape index (κ2) is 11.3. The molecule has 0 unspecified atom stereocenters. The molecule has 49 heavy (non-hydrogen) atoms. The first-order valence-corrected chi connectivity index (χ1v) is 18.1.